The zero-order chi connectivity index (χ0) is 20.1. The summed E-state index contributed by atoms with van der Waals surface area (Å²) in [6.45, 7) is 8.15. The predicted molar refractivity (Wildman–Crippen MR) is 101 cm³/mol. The lowest BCUT2D eigenvalue weighted by Crippen LogP contribution is -2.28. The minimum absolute atomic E-state index is 0.118. The second-order valence-corrected chi connectivity index (χ2v) is 6.46. The van der Waals surface area contributed by atoms with E-state index in [1.807, 2.05) is 12.1 Å². The molecule has 0 saturated carbocycles. The first-order valence-corrected chi connectivity index (χ1v) is 8.90. The molecule has 0 aliphatic heterocycles. The fourth-order valence-corrected chi connectivity index (χ4v) is 2.98. The highest BCUT2D eigenvalue weighted by Crippen LogP contribution is 2.20. The van der Waals surface area contributed by atoms with Gasteiger partial charge in [-0.3, -0.25) is 9.59 Å². The monoisotopic (exact) mass is 371 g/mol. The number of aromatic amines is 1. The third kappa shape index (κ3) is 4.84. The van der Waals surface area contributed by atoms with Gasteiger partial charge in [-0.2, -0.15) is 0 Å². The highest BCUT2D eigenvalue weighted by molar-refractivity contribution is 6.05. The van der Waals surface area contributed by atoms with Gasteiger partial charge in [0.2, 0.25) is 5.78 Å². The van der Waals surface area contributed by atoms with Gasteiger partial charge in [-0.15, -0.1) is 0 Å². The molecule has 27 heavy (non-hydrogen) atoms. The SMILES string of the molecule is CCc1ccc(OCC(=O)O[C@H](C)C(=O)c2[nH]c(C)c(C(C)=O)c2C)cc1. The van der Waals surface area contributed by atoms with Gasteiger partial charge in [-0.25, -0.2) is 4.79 Å². The second-order valence-electron chi connectivity index (χ2n) is 6.46. The fraction of sp³-hybridized carbons (Fsp3) is 0.381. The molecule has 0 aliphatic rings. The van der Waals surface area contributed by atoms with Crippen molar-refractivity contribution < 1.29 is 23.9 Å². The Kier molecular flexibility index (Phi) is 6.55. The number of hydrogen-bond donors (Lipinski definition) is 1. The molecule has 6 heteroatoms. The number of nitrogens with one attached hydrogen (secondary N) is 1. The van der Waals surface area contributed by atoms with Crippen molar-refractivity contribution in [2.45, 2.75) is 47.1 Å². The summed E-state index contributed by atoms with van der Waals surface area (Å²) in [5.74, 6) is -0.579. The van der Waals surface area contributed by atoms with Crippen molar-refractivity contribution in [1.82, 2.24) is 4.98 Å². The molecule has 0 aliphatic carbocycles. The van der Waals surface area contributed by atoms with Gasteiger partial charge in [0.25, 0.3) is 0 Å². The van der Waals surface area contributed by atoms with Crippen LogP contribution in [0.2, 0.25) is 0 Å². The van der Waals surface area contributed by atoms with Crippen molar-refractivity contribution in [3.8, 4) is 5.75 Å². The van der Waals surface area contributed by atoms with E-state index in [-0.39, 0.29) is 23.9 Å². The van der Waals surface area contributed by atoms with Crippen molar-refractivity contribution in [3.63, 3.8) is 0 Å². The Hall–Kier alpha value is -2.89. The minimum atomic E-state index is -0.986. The molecule has 0 amide bonds. The maximum atomic E-state index is 12.6. The molecule has 0 bridgehead atoms. The third-order valence-electron chi connectivity index (χ3n) is 4.40. The van der Waals surface area contributed by atoms with Crippen LogP contribution >= 0.6 is 0 Å². The third-order valence-corrected chi connectivity index (χ3v) is 4.40. The molecule has 0 fully saturated rings. The van der Waals surface area contributed by atoms with Gasteiger partial charge in [-0.1, -0.05) is 19.1 Å². The van der Waals surface area contributed by atoms with Crippen LogP contribution in [0.5, 0.6) is 5.75 Å². The number of benzene rings is 1. The summed E-state index contributed by atoms with van der Waals surface area (Å²) >= 11 is 0. The van der Waals surface area contributed by atoms with Crippen LogP contribution in [-0.4, -0.2) is 35.2 Å². The average Bonchev–Trinajstić information content (AvgIpc) is 2.94. The summed E-state index contributed by atoms with van der Waals surface area (Å²) in [4.78, 5) is 39.2. The van der Waals surface area contributed by atoms with E-state index >= 15 is 0 Å². The van der Waals surface area contributed by atoms with Crippen molar-refractivity contribution in [2.24, 2.45) is 0 Å². The predicted octanol–water partition coefficient (Wildman–Crippen LogP) is 3.59. The van der Waals surface area contributed by atoms with E-state index in [1.54, 1.807) is 26.0 Å². The first-order chi connectivity index (χ1) is 12.7. The van der Waals surface area contributed by atoms with E-state index < -0.39 is 12.1 Å². The number of H-pyrrole nitrogens is 1. The quantitative estimate of drug-likeness (QED) is 0.566. The van der Waals surface area contributed by atoms with Crippen LogP contribution in [0.4, 0.5) is 0 Å². The first kappa shape index (κ1) is 20.4. The smallest absolute Gasteiger partial charge is 0.344 e. The topological polar surface area (TPSA) is 85.5 Å². The van der Waals surface area contributed by atoms with Crippen LogP contribution in [0.25, 0.3) is 0 Å². The largest absolute Gasteiger partial charge is 0.482 e. The standard InChI is InChI=1S/C21H25NO5/c1-6-16-7-9-17(10-8-16)26-11-18(24)27-15(5)21(25)20-12(2)19(14(4)23)13(3)22-20/h7-10,15,22H,6,11H2,1-5H3/t15-/m1/s1. The summed E-state index contributed by atoms with van der Waals surface area (Å²) in [5, 5.41) is 0. The molecule has 0 unspecified atom stereocenters. The Morgan fingerprint density at radius 2 is 1.74 bits per heavy atom. The summed E-state index contributed by atoms with van der Waals surface area (Å²) < 4.78 is 10.6. The summed E-state index contributed by atoms with van der Waals surface area (Å²) in [5.41, 5.74) is 3.15. The number of hydrogen-bond acceptors (Lipinski definition) is 5. The zero-order valence-corrected chi connectivity index (χ0v) is 16.3. The van der Waals surface area contributed by atoms with Gasteiger partial charge in [0.15, 0.2) is 18.5 Å². The molecule has 1 heterocycles. The summed E-state index contributed by atoms with van der Waals surface area (Å²) in [6, 6.07) is 7.43. The van der Waals surface area contributed by atoms with Crippen molar-refractivity contribution in [3.05, 3.63) is 52.3 Å². The van der Waals surface area contributed by atoms with Gasteiger partial charge in [0.05, 0.1) is 5.69 Å². The van der Waals surface area contributed by atoms with Crippen LogP contribution in [0.15, 0.2) is 24.3 Å². The second kappa shape index (κ2) is 8.66. The van der Waals surface area contributed by atoms with E-state index in [0.29, 0.717) is 22.6 Å². The first-order valence-electron chi connectivity index (χ1n) is 8.90. The molecule has 2 aromatic rings. The highest BCUT2D eigenvalue weighted by atomic mass is 16.6. The van der Waals surface area contributed by atoms with Crippen LogP contribution in [0, 0.1) is 13.8 Å². The van der Waals surface area contributed by atoms with Crippen molar-refractivity contribution in [2.75, 3.05) is 6.61 Å². The van der Waals surface area contributed by atoms with E-state index in [0.717, 1.165) is 6.42 Å². The Morgan fingerprint density at radius 1 is 1.11 bits per heavy atom. The highest BCUT2D eigenvalue weighted by Gasteiger charge is 2.26. The molecule has 0 spiro atoms. The molecular weight excluding hydrogens is 346 g/mol. The van der Waals surface area contributed by atoms with Crippen LogP contribution in [0.1, 0.15) is 58.4 Å². The lowest BCUT2D eigenvalue weighted by molar-refractivity contribution is -0.148. The van der Waals surface area contributed by atoms with Gasteiger partial charge in [-0.05, 0) is 57.4 Å². The molecule has 0 saturated heterocycles. The zero-order valence-electron chi connectivity index (χ0n) is 16.3. The molecule has 144 valence electrons. The number of esters is 1. The minimum Gasteiger partial charge on any atom is -0.482 e. The Morgan fingerprint density at radius 3 is 2.26 bits per heavy atom. The number of rotatable bonds is 8. The Balaban J connectivity index is 1.96. The molecule has 6 nitrogen and oxygen atoms in total. The molecule has 1 aromatic heterocycles. The number of aryl methyl sites for hydroxylation is 2. The maximum Gasteiger partial charge on any atom is 0.344 e. The number of ether oxygens (including phenoxy) is 2. The molecule has 0 radical (unpaired) electrons. The van der Waals surface area contributed by atoms with Gasteiger partial charge < -0.3 is 14.5 Å². The van der Waals surface area contributed by atoms with Crippen molar-refractivity contribution in [1.29, 1.82) is 0 Å². The lowest BCUT2D eigenvalue weighted by atomic mass is 10.0. The Labute approximate surface area is 158 Å². The van der Waals surface area contributed by atoms with Crippen LogP contribution in [-0.2, 0) is 16.0 Å². The summed E-state index contributed by atoms with van der Waals surface area (Å²) in [6.07, 6.45) is -0.0644. The summed E-state index contributed by atoms with van der Waals surface area (Å²) in [7, 11) is 0. The molecular formula is C21H25NO5. The van der Waals surface area contributed by atoms with Gasteiger partial charge in [0, 0.05) is 11.3 Å². The maximum absolute atomic E-state index is 12.6. The molecule has 1 aromatic carbocycles. The number of ketones is 2. The number of Topliss-reactive ketones (excluding diaryl/α,β-unsaturated/α-hetero) is 2. The van der Waals surface area contributed by atoms with E-state index in [1.165, 1.54) is 19.4 Å². The van der Waals surface area contributed by atoms with E-state index in [2.05, 4.69) is 11.9 Å². The molecule has 1 N–H and O–H groups in total. The fourth-order valence-electron chi connectivity index (χ4n) is 2.98. The van der Waals surface area contributed by atoms with Gasteiger partial charge >= 0.3 is 5.97 Å². The van der Waals surface area contributed by atoms with Crippen LogP contribution in [0.3, 0.4) is 0 Å². The van der Waals surface area contributed by atoms with E-state index in [4.69, 9.17) is 9.47 Å². The van der Waals surface area contributed by atoms with Gasteiger partial charge in [0.1, 0.15) is 5.75 Å². The lowest BCUT2D eigenvalue weighted by Gasteiger charge is -2.13. The molecule has 2 rings (SSSR count). The normalized spacial score (nSPS) is 11.7. The molecule has 1 atom stereocenters. The van der Waals surface area contributed by atoms with Crippen LogP contribution < -0.4 is 4.74 Å². The van der Waals surface area contributed by atoms with E-state index in [9.17, 15) is 14.4 Å². The number of carbonyl (C=O) groups is 3. The number of carbonyl (C=O) groups excluding carboxylic acids is 3. The van der Waals surface area contributed by atoms with Crippen molar-refractivity contribution >= 4 is 17.5 Å². The average molecular weight is 371 g/mol. The number of aromatic nitrogens is 1. The Bertz CT molecular complexity index is 848.